The second kappa shape index (κ2) is 51.0. The van der Waals surface area contributed by atoms with Gasteiger partial charge in [0, 0.05) is 0 Å². The van der Waals surface area contributed by atoms with Gasteiger partial charge >= 0.3 is 48.9 Å². The number of carbonyl (C=O) groups excluding carboxylic acids is 2. The smallest absolute Gasteiger partial charge is 0.543 e. The van der Waals surface area contributed by atoms with Crippen molar-refractivity contribution >= 4 is 60.8 Å². The zero-order chi connectivity index (χ0) is 5.15. The summed E-state index contributed by atoms with van der Waals surface area (Å²) < 4.78 is 0. The van der Waals surface area contributed by atoms with E-state index in [9.17, 15) is 0 Å². The zero-order valence-electron chi connectivity index (χ0n) is 6.84. The van der Waals surface area contributed by atoms with Crippen molar-refractivity contribution in [3.05, 3.63) is 0 Å². The van der Waals surface area contributed by atoms with E-state index in [-0.39, 0.29) is 87.2 Å². The van der Waals surface area contributed by atoms with Gasteiger partial charge in [-0.3, -0.25) is 0 Å². The van der Waals surface area contributed by atoms with Crippen LogP contribution in [0.15, 0.2) is 0 Å². The molecule has 11 nitrogen and oxygen atoms in total. The third kappa shape index (κ3) is 86.2. The minimum atomic E-state index is -2.19. The maximum absolute atomic E-state index is 8.93. The van der Waals surface area contributed by atoms with Gasteiger partial charge in [0.2, 0.25) is 0 Å². The van der Waals surface area contributed by atoms with Crippen LogP contribution in [0.2, 0.25) is 0 Å². The number of aliphatic carboxylic acids is 2. The molecule has 0 aliphatic heterocycles. The van der Waals surface area contributed by atoms with Gasteiger partial charge in [-0.1, -0.05) is 0 Å². The van der Waals surface area contributed by atoms with Gasteiger partial charge in [0.05, 0.1) is 11.9 Å². The van der Waals surface area contributed by atoms with Crippen molar-refractivity contribution in [2.24, 2.45) is 0 Å². The fourth-order valence-electron chi connectivity index (χ4n) is 0. The molecule has 0 rings (SSSR count). The molecule has 0 unspecified atom stereocenters. The number of hydrogen-bond acceptors (Lipinski definition) is 4. The molecule has 12 heteroatoms. The maximum Gasteiger partial charge on any atom is 2.00 e. The predicted octanol–water partition coefficient (Wildman–Crippen LogP) is -9.67. The summed E-state index contributed by atoms with van der Waals surface area (Å²) in [5.74, 6) is -4.37. The molecule has 0 fully saturated rings. The SMILES string of the molecule is O.O.O.O.O.O.O.O=C([O-])C(=O)[O-].[Ba+2]. The van der Waals surface area contributed by atoms with Crippen LogP contribution < -0.4 is 10.2 Å². The molecule has 0 aliphatic rings. The van der Waals surface area contributed by atoms with Gasteiger partial charge in [-0.2, -0.15) is 0 Å². The van der Waals surface area contributed by atoms with Crippen molar-refractivity contribution in [1.82, 2.24) is 0 Å². The normalized spacial score (nSPS) is 3.14. The van der Waals surface area contributed by atoms with Gasteiger partial charge in [-0.25, -0.2) is 0 Å². The Bertz CT molecular complexity index is 79.3. The fourth-order valence-corrected chi connectivity index (χ4v) is 0. The Hall–Kier alpha value is 0.231. The minimum Gasteiger partial charge on any atom is -0.543 e. The number of rotatable bonds is 0. The topological polar surface area (TPSA) is 301 Å². The summed E-state index contributed by atoms with van der Waals surface area (Å²) in [5.41, 5.74) is 0. The fraction of sp³-hybridized carbons (Fsp3) is 0. The first kappa shape index (κ1) is 91.0. The Labute approximate surface area is 118 Å². The molecular formula is C2H14BaO11. The molecule has 0 aromatic carbocycles. The van der Waals surface area contributed by atoms with Crippen LogP contribution in [-0.2, 0) is 9.59 Å². The molecule has 14 heavy (non-hydrogen) atoms. The molecule has 0 aliphatic carbocycles. The quantitative estimate of drug-likeness (QED) is 0.303. The molecule has 0 radical (unpaired) electrons. The number of carbonyl (C=O) groups is 2. The summed E-state index contributed by atoms with van der Waals surface area (Å²) in [7, 11) is 0. The molecule has 0 saturated heterocycles. The summed E-state index contributed by atoms with van der Waals surface area (Å²) in [6.45, 7) is 0. The van der Waals surface area contributed by atoms with Crippen LogP contribution in [0.5, 0.6) is 0 Å². The molecule has 0 amide bonds. The molecule has 0 aromatic rings. The maximum atomic E-state index is 8.93. The summed E-state index contributed by atoms with van der Waals surface area (Å²) in [4.78, 5) is 17.9. The van der Waals surface area contributed by atoms with Crippen LogP contribution in [0, 0.1) is 0 Å². The second-order valence-electron chi connectivity index (χ2n) is 0.575. The van der Waals surface area contributed by atoms with E-state index in [4.69, 9.17) is 19.8 Å². The van der Waals surface area contributed by atoms with E-state index in [0.29, 0.717) is 0 Å². The number of carboxylic acids is 2. The number of carboxylic acid groups (broad SMARTS) is 2. The van der Waals surface area contributed by atoms with Crippen molar-refractivity contribution in [1.29, 1.82) is 0 Å². The zero-order valence-corrected chi connectivity index (χ0v) is 11.3. The summed E-state index contributed by atoms with van der Waals surface area (Å²) in [5, 5.41) is 17.9. The first-order chi connectivity index (χ1) is 2.64. The van der Waals surface area contributed by atoms with E-state index in [0.717, 1.165) is 0 Å². The van der Waals surface area contributed by atoms with E-state index < -0.39 is 11.9 Å². The van der Waals surface area contributed by atoms with E-state index in [2.05, 4.69) is 0 Å². The Morgan fingerprint density at radius 1 is 0.571 bits per heavy atom. The van der Waals surface area contributed by atoms with Gasteiger partial charge in [0.25, 0.3) is 0 Å². The average molecular weight is 351 g/mol. The van der Waals surface area contributed by atoms with Gasteiger partial charge in [-0.05, 0) is 0 Å². The molecular weight excluding hydrogens is 337 g/mol. The Morgan fingerprint density at radius 3 is 0.643 bits per heavy atom. The van der Waals surface area contributed by atoms with Crippen molar-refractivity contribution in [3.63, 3.8) is 0 Å². The van der Waals surface area contributed by atoms with Crippen molar-refractivity contribution in [2.75, 3.05) is 0 Å². The number of hydrogen-bond donors (Lipinski definition) is 0. The van der Waals surface area contributed by atoms with Crippen molar-refractivity contribution < 1.29 is 58.1 Å². The van der Waals surface area contributed by atoms with E-state index in [1.54, 1.807) is 0 Å². The Morgan fingerprint density at radius 2 is 0.643 bits per heavy atom. The summed E-state index contributed by atoms with van der Waals surface area (Å²) in [6.07, 6.45) is 0. The van der Waals surface area contributed by atoms with Crippen LogP contribution in [0.25, 0.3) is 0 Å². The van der Waals surface area contributed by atoms with E-state index in [1.165, 1.54) is 0 Å². The second-order valence-corrected chi connectivity index (χ2v) is 0.575. The van der Waals surface area contributed by atoms with Gasteiger partial charge in [0.1, 0.15) is 0 Å². The first-order valence-electron chi connectivity index (χ1n) is 1.07. The molecule has 90 valence electrons. The minimum absolute atomic E-state index is 0. The first-order valence-corrected chi connectivity index (χ1v) is 1.07. The van der Waals surface area contributed by atoms with Crippen LogP contribution in [0.4, 0.5) is 0 Å². The molecule has 14 N–H and O–H groups in total. The molecule has 0 atom stereocenters. The van der Waals surface area contributed by atoms with Crippen LogP contribution in [0.1, 0.15) is 0 Å². The standard InChI is InChI=1S/C2H2O4.Ba.7H2O/c3-1(4)2(5)6;;;;;;;;/h(H,3,4)(H,5,6);;7*1H2/q;+2;;;;;;;/p-2. The molecule has 0 saturated carbocycles. The Kier molecular flexibility index (Phi) is 331. The van der Waals surface area contributed by atoms with Crippen molar-refractivity contribution in [2.45, 2.75) is 0 Å². The van der Waals surface area contributed by atoms with Gasteiger partial charge in [0.15, 0.2) is 0 Å². The predicted molar refractivity (Wildman–Crippen MR) is 41.1 cm³/mol. The van der Waals surface area contributed by atoms with E-state index >= 15 is 0 Å². The molecule has 0 aromatic heterocycles. The van der Waals surface area contributed by atoms with E-state index in [1.807, 2.05) is 0 Å². The summed E-state index contributed by atoms with van der Waals surface area (Å²) >= 11 is 0. The third-order valence-corrected chi connectivity index (χ3v) is 0.167. The average Bonchev–Trinajstić information content (AvgIpc) is 1.36. The largest absolute Gasteiger partial charge is 2.00 e. The van der Waals surface area contributed by atoms with Gasteiger partial charge in [-0.15, -0.1) is 0 Å². The van der Waals surface area contributed by atoms with Crippen molar-refractivity contribution in [3.8, 4) is 0 Å². The summed E-state index contributed by atoms with van der Waals surface area (Å²) in [6, 6.07) is 0. The van der Waals surface area contributed by atoms with Crippen LogP contribution >= 0.6 is 0 Å². The molecule has 0 spiro atoms. The van der Waals surface area contributed by atoms with Crippen LogP contribution in [0.3, 0.4) is 0 Å². The monoisotopic (exact) mass is 352 g/mol. The Balaban J connectivity index is -0.00000000446. The molecule has 0 bridgehead atoms. The molecule has 0 heterocycles. The van der Waals surface area contributed by atoms with Crippen LogP contribution in [-0.4, -0.2) is 99.2 Å². The third-order valence-electron chi connectivity index (χ3n) is 0.167. The van der Waals surface area contributed by atoms with Gasteiger partial charge < -0.3 is 58.1 Å².